The summed E-state index contributed by atoms with van der Waals surface area (Å²) in [5.74, 6) is 0. The van der Waals surface area contributed by atoms with Crippen LogP contribution in [-0.4, -0.2) is 13.5 Å². The summed E-state index contributed by atoms with van der Waals surface area (Å²) < 4.78 is 27.6. The summed E-state index contributed by atoms with van der Waals surface area (Å²) in [4.78, 5) is 0.160. The molecule has 0 amide bonds. The first-order valence-corrected chi connectivity index (χ1v) is 8.64. The molecule has 0 saturated carbocycles. The fourth-order valence-electron chi connectivity index (χ4n) is 1.94. The SMILES string of the molecule is Cc1cccc(CNS(=O)(=O)c2ccc(CO)cc2Br)c1. The molecule has 2 aromatic rings. The normalized spacial score (nSPS) is 11.6. The molecule has 21 heavy (non-hydrogen) atoms. The third-order valence-corrected chi connectivity index (χ3v) is 5.40. The fourth-order valence-corrected chi connectivity index (χ4v) is 4.08. The van der Waals surface area contributed by atoms with Crippen LogP contribution in [0.25, 0.3) is 0 Å². The Hall–Kier alpha value is -1.21. The first kappa shape index (κ1) is 16.2. The molecule has 4 nitrogen and oxygen atoms in total. The molecule has 0 aliphatic rings. The van der Waals surface area contributed by atoms with Gasteiger partial charge in [-0.2, -0.15) is 0 Å². The first-order valence-electron chi connectivity index (χ1n) is 6.37. The van der Waals surface area contributed by atoms with Gasteiger partial charge in [0.2, 0.25) is 10.0 Å². The first-order chi connectivity index (χ1) is 9.92. The van der Waals surface area contributed by atoms with Crippen LogP contribution in [0.1, 0.15) is 16.7 Å². The molecule has 0 radical (unpaired) electrons. The van der Waals surface area contributed by atoms with E-state index in [1.165, 1.54) is 6.07 Å². The maximum absolute atomic E-state index is 12.3. The Labute approximate surface area is 133 Å². The van der Waals surface area contributed by atoms with Gasteiger partial charge < -0.3 is 5.11 Å². The summed E-state index contributed by atoms with van der Waals surface area (Å²) in [5, 5.41) is 9.05. The zero-order valence-electron chi connectivity index (χ0n) is 11.5. The smallest absolute Gasteiger partial charge is 0.241 e. The number of rotatable bonds is 5. The number of hydrogen-bond donors (Lipinski definition) is 2. The van der Waals surface area contributed by atoms with Crippen molar-refractivity contribution in [3.8, 4) is 0 Å². The van der Waals surface area contributed by atoms with Gasteiger partial charge in [-0.15, -0.1) is 0 Å². The van der Waals surface area contributed by atoms with Crippen LogP contribution in [0.2, 0.25) is 0 Å². The van der Waals surface area contributed by atoms with E-state index in [-0.39, 0.29) is 18.0 Å². The zero-order chi connectivity index (χ0) is 15.5. The third-order valence-electron chi connectivity index (χ3n) is 3.02. The Morgan fingerprint density at radius 2 is 1.90 bits per heavy atom. The number of sulfonamides is 1. The average Bonchev–Trinajstić information content (AvgIpc) is 2.45. The molecule has 0 heterocycles. The van der Waals surface area contributed by atoms with Gasteiger partial charge in [-0.25, -0.2) is 13.1 Å². The number of benzene rings is 2. The topological polar surface area (TPSA) is 66.4 Å². The number of hydrogen-bond acceptors (Lipinski definition) is 3. The molecule has 2 N–H and O–H groups in total. The quantitative estimate of drug-likeness (QED) is 0.851. The Morgan fingerprint density at radius 1 is 1.14 bits per heavy atom. The van der Waals surface area contributed by atoms with Crippen molar-refractivity contribution < 1.29 is 13.5 Å². The van der Waals surface area contributed by atoms with Crippen molar-refractivity contribution in [2.24, 2.45) is 0 Å². The second kappa shape index (κ2) is 6.70. The number of aryl methyl sites for hydroxylation is 1. The van der Waals surface area contributed by atoms with Crippen LogP contribution >= 0.6 is 15.9 Å². The summed E-state index contributed by atoms with van der Waals surface area (Å²) in [7, 11) is -3.61. The molecule has 2 rings (SSSR count). The van der Waals surface area contributed by atoms with Gasteiger partial charge in [-0.3, -0.25) is 0 Å². The van der Waals surface area contributed by atoms with Crippen LogP contribution in [0.5, 0.6) is 0 Å². The summed E-state index contributed by atoms with van der Waals surface area (Å²) in [6, 6.07) is 12.3. The van der Waals surface area contributed by atoms with E-state index in [1.807, 2.05) is 31.2 Å². The average molecular weight is 370 g/mol. The van der Waals surface area contributed by atoms with E-state index in [9.17, 15) is 8.42 Å². The largest absolute Gasteiger partial charge is 0.392 e. The minimum atomic E-state index is -3.61. The van der Waals surface area contributed by atoms with Gasteiger partial charge in [0.05, 0.1) is 11.5 Å². The van der Waals surface area contributed by atoms with E-state index in [0.29, 0.717) is 10.0 Å². The number of aliphatic hydroxyl groups excluding tert-OH is 1. The highest BCUT2D eigenvalue weighted by atomic mass is 79.9. The summed E-state index contributed by atoms with van der Waals surface area (Å²) >= 11 is 3.23. The van der Waals surface area contributed by atoms with Crippen molar-refractivity contribution in [1.82, 2.24) is 4.72 Å². The molecule has 0 aliphatic heterocycles. The minimum absolute atomic E-state index is 0.129. The molecule has 0 saturated heterocycles. The molecule has 0 aromatic heterocycles. The van der Waals surface area contributed by atoms with E-state index in [4.69, 9.17) is 5.11 Å². The second-order valence-electron chi connectivity index (χ2n) is 4.74. The number of nitrogens with one attached hydrogen (secondary N) is 1. The molecule has 0 fully saturated rings. The van der Waals surface area contributed by atoms with Crippen molar-refractivity contribution in [3.05, 3.63) is 63.6 Å². The van der Waals surface area contributed by atoms with Gasteiger partial charge in [0.1, 0.15) is 0 Å². The number of aliphatic hydroxyl groups is 1. The zero-order valence-corrected chi connectivity index (χ0v) is 13.9. The lowest BCUT2D eigenvalue weighted by Crippen LogP contribution is -2.23. The van der Waals surface area contributed by atoms with Crippen molar-refractivity contribution in [3.63, 3.8) is 0 Å². The molecule has 0 bridgehead atoms. The van der Waals surface area contributed by atoms with E-state index < -0.39 is 10.0 Å². The highest BCUT2D eigenvalue weighted by molar-refractivity contribution is 9.10. The molecule has 0 aliphatic carbocycles. The molecular weight excluding hydrogens is 354 g/mol. The Bertz CT molecular complexity index is 744. The highest BCUT2D eigenvalue weighted by Gasteiger charge is 2.17. The molecule has 6 heteroatoms. The maximum atomic E-state index is 12.3. The van der Waals surface area contributed by atoms with Gasteiger partial charge in [-0.05, 0) is 46.1 Å². The van der Waals surface area contributed by atoms with E-state index in [2.05, 4.69) is 20.7 Å². The van der Waals surface area contributed by atoms with Gasteiger partial charge in [0, 0.05) is 11.0 Å². The Balaban J connectivity index is 2.19. The van der Waals surface area contributed by atoms with Crippen LogP contribution < -0.4 is 4.72 Å². The van der Waals surface area contributed by atoms with Crippen LogP contribution in [0.4, 0.5) is 0 Å². The second-order valence-corrected chi connectivity index (χ2v) is 7.33. The summed E-state index contributed by atoms with van der Waals surface area (Å²) in [6.45, 7) is 2.07. The standard InChI is InChI=1S/C15H16BrNO3S/c1-11-3-2-4-12(7-11)9-17-21(19,20)15-6-5-13(10-18)8-14(15)16/h2-8,17-18H,9-10H2,1H3. The fraction of sp³-hybridized carbons (Fsp3) is 0.200. The monoisotopic (exact) mass is 369 g/mol. The minimum Gasteiger partial charge on any atom is -0.392 e. The lowest BCUT2D eigenvalue weighted by molar-refractivity contribution is 0.281. The highest BCUT2D eigenvalue weighted by Crippen LogP contribution is 2.23. The third kappa shape index (κ3) is 4.14. The Kier molecular flexibility index (Phi) is 5.16. The Morgan fingerprint density at radius 3 is 2.52 bits per heavy atom. The predicted octanol–water partition coefficient (Wildman–Crippen LogP) is 2.73. The maximum Gasteiger partial charge on any atom is 0.241 e. The van der Waals surface area contributed by atoms with Gasteiger partial charge in [0.25, 0.3) is 0 Å². The van der Waals surface area contributed by atoms with Crippen LogP contribution in [0.15, 0.2) is 51.8 Å². The molecule has 0 unspecified atom stereocenters. The van der Waals surface area contributed by atoms with Gasteiger partial charge in [-0.1, -0.05) is 35.9 Å². The van der Waals surface area contributed by atoms with E-state index in [1.54, 1.807) is 12.1 Å². The molecule has 0 atom stereocenters. The molecule has 2 aromatic carbocycles. The van der Waals surface area contributed by atoms with Crippen molar-refractivity contribution in [2.45, 2.75) is 25.0 Å². The van der Waals surface area contributed by atoms with Crippen LogP contribution in [-0.2, 0) is 23.2 Å². The molecule has 112 valence electrons. The van der Waals surface area contributed by atoms with Gasteiger partial charge >= 0.3 is 0 Å². The predicted molar refractivity (Wildman–Crippen MR) is 85.3 cm³/mol. The van der Waals surface area contributed by atoms with Crippen molar-refractivity contribution in [2.75, 3.05) is 0 Å². The van der Waals surface area contributed by atoms with Crippen molar-refractivity contribution in [1.29, 1.82) is 0 Å². The van der Waals surface area contributed by atoms with E-state index >= 15 is 0 Å². The lowest BCUT2D eigenvalue weighted by atomic mass is 10.1. The van der Waals surface area contributed by atoms with Crippen molar-refractivity contribution >= 4 is 26.0 Å². The number of halogens is 1. The molecular formula is C15H16BrNO3S. The lowest BCUT2D eigenvalue weighted by Gasteiger charge is -2.10. The van der Waals surface area contributed by atoms with Gasteiger partial charge in [0.15, 0.2) is 0 Å². The van der Waals surface area contributed by atoms with Crippen LogP contribution in [0.3, 0.4) is 0 Å². The van der Waals surface area contributed by atoms with Crippen LogP contribution in [0, 0.1) is 6.92 Å². The summed E-state index contributed by atoms with van der Waals surface area (Å²) in [5.41, 5.74) is 2.64. The summed E-state index contributed by atoms with van der Waals surface area (Å²) in [6.07, 6.45) is 0. The van der Waals surface area contributed by atoms with E-state index in [0.717, 1.165) is 11.1 Å². The molecule has 0 spiro atoms.